The van der Waals surface area contributed by atoms with E-state index in [1.54, 1.807) is 0 Å². The van der Waals surface area contributed by atoms with Gasteiger partial charge in [0.1, 0.15) is 0 Å². The van der Waals surface area contributed by atoms with Gasteiger partial charge in [0, 0.05) is 0 Å². The normalized spacial score (nSPS) is 11.2. The van der Waals surface area contributed by atoms with Crippen molar-refractivity contribution in [3.63, 3.8) is 0 Å². The minimum absolute atomic E-state index is 1.06. The molecule has 0 bridgehead atoms. The third-order valence-electron chi connectivity index (χ3n) is 0.201. The molecule has 0 fully saturated rings. The lowest BCUT2D eigenvalue weighted by atomic mass is 11.6. The maximum atomic E-state index is 5.02. The van der Waals surface area contributed by atoms with E-state index in [0.717, 1.165) is 0 Å². The number of hydrogen-bond acceptors (Lipinski definition) is 2. The van der Waals surface area contributed by atoms with E-state index < -0.39 is 10.0 Å². The van der Waals surface area contributed by atoms with Crippen LogP contribution in [0.2, 0.25) is 0 Å². The minimum atomic E-state index is -1.06. The highest BCUT2D eigenvalue weighted by molar-refractivity contribution is 6.43. The number of hydrogen-bond donors (Lipinski definition) is 0. The second-order valence-electron chi connectivity index (χ2n) is 0.714. The van der Waals surface area contributed by atoms with E-state index >= 15 is 0 Å². The second kappa shape index (κ2) is 4.91. The molecular weight excluding hydrogens is 198 g/mol. The Morgan fingerprint density at radius 1 is 0.750 bits per heavy atom. The van der Waals surface area contributed by atoms with E-state index in [-0.39, 0.29) is 0 Å². The molecule has 0 aliphatic heterocycles. The lowest BCUT2D eigenvalue weighted by Gasteiger charge is -2.01. The Morgan fingerprint density at radius 3 is 1.12 bits per heavy atom. The SMILES string of the molecule is ClC(Cl)OOC(Cl)Cl. The van der Waals surface area contributed by atoms with Gasteiger partial charge >= 0.3 is 0 Å². The highest BCUT2D eigenvalue weighted by atomic mass is 35.5. The molecule has 0 N–H and O–H groups in total. The molecule has 0 heterocycles. The summed E-state index contributed by atoms with van der Waals surface area (Å²) in [6.07, 6.45) is 0. The van der Waals surface area contributed by atoms with Crippen molar-refractivity contribution in [2.75, 3.05) is 0 Å². The molecule has 0 saturated heterocycles. The quantitative estimate of drug-likeness (QED) is 0.395. The minimum Gasteiger partial charge on any atom is -0.197 e. The summed E-state index contributed by atoms with van der Waals surface area (Å²) in [5.41, 5.74) is 0. The smallest absolute Gasteiger partial charge is 0.197 e. The first-order chi connectivity index (χ1) is 3.63. The van der Waals surface area contributed by atoms with Gasteiger partial charge in [0.2, 0.25) is 10.0 Å². The van der Waals surface area contributed by atoms with E-state index in [0.29, 0.717) is 0 Å². The molecule has 0 aromatic carbocycles. The summed E-state index contributed by atoms with van der Waals surface area (Å²) in [5, 5.41) is -2.12. The van der Waals surface area contributed by atoms with Crippen molar-refractivity contribution in [3.8, 4) is 0 Å². The fraction of sp³-hybridized carbons (Fsp3) is 1.00. The van der Waals surface area contributed by atoms with E-state index in [1.165, 1.54) is 0 Å². The molecule has 50 valence electrons. The van der Waals surface area contributed by atoms with Gasteiger partial charge < -0.3 is 0 Å². The molecule has 0 amide bonds. The number of alkyl halides is 4. The van der Waals surface area contributed by atoms with Gasteiger partial charge in [0.15, 0.2) is 0 Å². The first-order valence-corrected chi connectivity index (χ1v) is 3.26. The largest absolute Gasteiger partial charge is 0.239 e. The average Bonchev–Trinajstić information content (AvgIpc) is 1.61. The summed E-state index contributed by atoms with van der Waals surface area (Å²) in [6.45, 7) is 0. The van der Waals surface area contributed by atoms with Crippen LogP contribution < -0.4 is 0 Å². The molecule has 0 spiro atoms. The highest BCUT2D eigenvalue weighted by Gasteiger charge is 2.02. The summed E-state index contributed by atoms with van der Waals surface area (Å²) in [7, 11) is 0. The Kier molecular flexibility index (Phi) is 5.58. The molecular formula is C2H2Cl4O2. The van der Waals surface area contributed by atoms with Crippen molar-refractivity contribution in [2.45, 2.75) is 10.0 Å². The number of rotatable bonds is 3. The van der Waals surface area contributed by atoms with Gasteiger partial charge in [-0.25, -0.2) is 0 Å². The third-order valence-corrected chi connectivity index (χ3v) is 0.492. The predicted molar refractivity (Wildman–Crippen MR) is 33.2 cm³/mol. The maximum Gasteiger partial charge on any atom is 0.239 e. The van der Waals surface area contributed by atoms with Crippen molar-refractivity contribution in [3.05, 3.63) is 0 Å². The molecule has 0 rings (SSSR count). The summed E-state index contributed by atoms with van der Waals surface area (Å²) in [4.78, 5) is 8.14. The fourth-order valence-electron chi connectivity index (χ4n) is 0.0840. The van der Waals surface area contributed by atoms with Crippen molar-refractivity contribution < 1.29 is 9.78 Å². The van der Waals surface area contributed by atoms with Crippen LogP contribution in [0.15, 0.2) is 0 Å². The molecule has 0 aliphatic rings. The first kappa shape index (κ1) is 9.08. The van der Waals surface area contributed by atoms with Gasteiger partial charge in [0.05, 0.1) is 0 Å². The number of halogens is 4. The van der Waals surface area contributed by atoms with E-state index in [9.17, 15) is 0 Å². The second-order valence-corrected chi connectivity index (χ2v) is 2.75. The van der Waals surface area contributed by atoms with Crippen LogP contribution in [-0.4, -0.2) is 10.0 Å². The molecule has 2 nitrogen and oxygen atoms in total. The topological polar surface area (TPSA) is 18.5 Å². The zero-order valence-electron chi connectivity index (χ0n) is 3.48. The highest BCUT2D eigenvalue weighted by Crippen LogP contribution is 2.09. The van der Waals surface area contributed by atoms with E-state index in [2.05, 4.69) is 9.78 Å². The lowest BCUT2D eigenvalue weighted by Crippen LogP contribution is -2.01. The summed E-state index contributed by atoms with van der Waals surface area (Å²) in [6, 6.07) is 0. The summed E-state index contributed by atoms with van der Waals surface area (Å²) < 4.78 is 0. The van der Waals surface area contributed by atoms with Crippen LogP contribution in [0, 0.1) is 0 Å². The van der Waals surface area contributed by atoms with Gasteiger partial charge in [-0.3, -0.25) is 0 Å². The van der Waals surface area contributed by atoms with Gasteiger partial charge in [-0.15, -0.1) is 0 Å². The van der Waals surface area contributed by atoms with Crippen LogP contribution in [0.5, 0.6) is 0 Å². The Bertz CT molecular complexity index is 48.0. The molecule has 0 atom stereocenters. The summed E-state index contributed by atoms with van der Waals surface area (Å²) >= 11 is 20.1. The molecule has 0 unspecified atom stereocenters. The average molecular weight is 200 g/mol. The zero-order valence-corrected chi connectivity index (χ0v) is 6.51. The van der Waals surface area contributed by atoms with Crippen molar-refractivity contribution in [2.24, 2.45) is 0 Å². The van der Waals surface area contributed by atoms with Gasteiger partial charge in [-0.05, 0) is 0 Å². The molecule has 0 aromatic heterocycles. The maximum absolute atomic E-state index is 5.02. The Hall–Kier alpha value is 1.08. The van der Waals surface area contributed by atoms with E-state index in [4.69, 9.17) is 46.4 Å². The molecule has 0 aliphatic carbocycles. The Morgan fingerprint density at radius 2 is 1.00 bits per heavy atom. The van der Waals surface area contributed by atoms with Gasteiger partial charge in [0.25, 0.3) is 0 Å². The molecule has 0 aromatic rings. The van der Waals surface area contributed by atoms with Crippen molar-refractivity contribution in [1.82, 2.24) is 0 Å². The van der Waals surface area contributed by atoms with Gasteiger partial charge in [-0.1, -0.05) is 46.4 Å². The molecule has 0 radical (unpaired) electrons. The molecule has 6 heteroatoms. The third kappa shape index (κ3) is 7.08. The van der Waals surface area contributed by atoms with Gasteiger partial charge in [-0.2, -0.15) is 9.78 Å². The Balaban J connectivity index is 2.93. The molecule has 8 heavy (non-hydrogen) atoms. The standard InChI is InChI=1S/C2H2Cl4O2/c3-1(4)7-8-2(5)6/h1-2H. The predicted octanol–water partition coefficient (Wildman–Crippen LogP) is 2.46. The van der Waals surface area contributed by atoms with Crippen LogP contribution in [0.25, 0.3) is 0 Å². The van der Waals surface area contributed by atoms with Crippen LogP contribution in [-0.2, 0) is 9.78 Å². The van der Waals surface area contributed by atoms with E-state index in [1.807, 2.05) is 0 Å². The van der Waals surface area contributed by atoms with Crippen LogP contribution >= 0.6 is 46.4 Å². The van der Waals surface area contributed by atoms with Crippen molar-refractivity contribution in [1.29, 1.82) is 0 Å². The van der Waals surface area contributed by atoms with Crippen LogP contribution in [0.1, 0.15) is 0 Å². The Labute approximate surface area is 66.5 Å². The summed E-state index contributed by atoms with van der Waals surface area (Å²) in [5.74, 6) is 0. The lowest BCUT2D eigenvalue weighted by molar-refractivity contribution is -0.286. The fourth-order valence-corrected chi connectivity index (χ4v) is 0.252. The van der Waals surface area contributed by atoms with Crippen LogP contribution in [0.4, 0.5) is 0 Å². The first-order valence-electron chi connectivity index (χ1n) is 1.51. The van der Waals surface area contributed by atoms with Crippen molar-refractivity contribution >= 4 is 46.4 Å². The van der Waals surface area contributed by atoms with Crippen LogP contribution in [0.3, 0.4) is 0 Å². The molecule has 0 saturated carbocycles. The zero-order chi connectivity index (χ0) is 6.57. The monoisotopic (exact) mass is 198 g/mol.